The maximum absolute atomic E-state index is 8.92. The number of ether oxygens (including phenoxy) is 2. The van der Waals surface area contributed by atoms with Crippen molar-refractivity contribution in [3.05, 3.63) is 35.0 Å². The molecule has 0 unspecified atom stereocenters. The van der Waals surface area contributed by atoms with E-state index in [1.807, 2.05) is 13.0 Å². The summed E-state index contributed by atoms with van der Waals surface area (Å²) in [4.78, 5) is 11.3. The summed E-state index contributed by atoms with van der Waals surface area (Å²) >= 11 is 0. The number of nitrogens with zero attached hydrogens (tertiary/aromatic N) is 3. The van der Waals surface area contributed by atoms with Crippen LogP contribution in [0.2, 0.25) is 0 Å². The topological polar surface area (TPSA) is 79.7 Å². The summed E-state index contributed by atoms with van der Waals surface area (Å²) < 4.78 is 10.8. The predicted molar refractivity (Wildman–Crippen MR) is 101 cm³/mol. The highest BCUT2D eigenvalue weighted by Crippen LogP contribution is 2.34. The molecule has 0 bridgehead atoms. The molecule has 3 rings (SSSR count). The zero-order valence-electron chi connectivity index (χ0n) is 15.6. The number of hydrogen-bond donors (Lipinski definition) is 2. The third-order valence-electron chi connectivity index (χ3n) is 4.50. The second-order valence-electron chi connectivity index (χ2n) is 6.34. The first kappa shape index (κ1) is 18.3. The summed E-state index contributed by atoms with van der Waals surface area (Å²) in [5, 5.41) is 12.1. The lowest BCUT2D eigenvalue weighted by molar-refractivity contribution is 0.292. The number of hydrogen-bond acceptors (Lipinski definition) is 7. The molecule has 2 heterocycles. The molecule has 1 aromatic carbocycles. The molecule has 2 aromatic rings. The number of anilines is 2. The van der Waals surface area contributed by atoms with Crippen LogP contribution >= 0.6 is 0 Å². The minimum Gasteiger partial charge on any atom is -0.493 e. The van der Waals surface area contributed by atoms with Crippen molar-refractivity contribution in [3.63, 3.8) is 0 Å². The van der Waals surface area contributed by atoms with Gasteiger partial charge in [0.1, 0.15) is 5.82 Å². The minimum atomic E-state index is 0.153. The molecule has 7 nitrogen and oxygen atoms in total. The number of aryl methyl sites for hydroxylation is 1. The van der Waals surface area contributed by atoms with Crippen LogP contribution in [-0.4, -0.2) is 49.0 Å². The number of aliphatic hydroxyl groups excluding tert-OH is 1. The molecule has 7 heteroatoms. The zero-order chi connectivity index (χ0) is 18.5. The van der Waals surface area contributed by atoms with Gasteiger partial charge in [-0.25, -0.2) is 4.98 Å². The van der Waals surface area contributed by atoms with Gasteiger partial charge in [-0.05, 0) is 43.0 Å². The normalized spacial score (nSPS) is 13.3. The second-order valence-corrected chi connectivity index (χ2v) is 6.34. The molecule has 0 fully saturated rings. The van der Waals surface area contributed by atoms with Crippen molar-refractivity contribution in [2.45, 2.75) is 26.3 Å². The molecule has 2 N–H and O–H groups in total. The first-order valence-corrected chi connectivity index (χ1v) is 8.83. The van der Waals surface area contributed by atoms with Crippen molar-refractivity contribution in [1.82, 2.24) is 9.97 Å². The molecule has 0 amide bonds. The highest BCUT2D eigenvalue weighted by atomic mass is 16.5. The molecule has 1 aliphatic heterocycles. The molecule has 1 aliphatic rings. The molecule has 0 aliphatic carbocycles. The second kappa shape index (κ2) is 8.23. The van der Waals surface area contributed by atoms with E-state index in [0.29, 0.717) is 18.9 Å². The van der Waals surface area contributed by atoms with Gasteiger partial charge in [-0.1, -0.05) is 0 Å². The molecule has 0 spiro atoms. The third-order valence-corrected chi connectivity index (χ3v) is 4.50. The Kier molecular flexibility index (Phi) is 5.78. The first-order valence-electron chi connectivity index (χ1n) is 8.83. The van der Waals surface area contributed by atoms with Crippen molar-refractivity contribution < 1.29 is 14.6 Å². The van der Waals surface area contributed by atoms with Gasteiger partial charge in [-0.3, -0.25) is 0 Å². The van der Waals surface area contributed by atoms with Crippen molar-refractivity contribution >= 4 is 11.8 Å². The van der Waals surface area contributed by atoms with Crippen molar-refractivity contribution in [1.29, 1.82) is 0 Å². The van der Waals surface area contributed by atoms with Crippen molar-refractivity contribution in [2.75, 3.05) is 44.1 Å². The lowest BCUT2D eigenvalue weighted by Gasteiger charge is -2.30. The third kappa shape index (κ3) is 3.99. The minimum absolute atomic E-state index is 0.153. The molecule has 26 heavy (non-hydrogen) atoms. The van der Waals surface area contributed by atoms with Crippen LogP contribution in [-0.2, 0) is 13.0 Å². The Morgan fingerprint density at radius 1 is 1.12 bits per heavy atom. The van der Waals surface area contributed by atoms with Crippen molar-refractivity contribution in [2.24, 2.45) is 0 Å². The Labute approximate surface area is 154 Å². The van der Waals surface area contributed by atoms with E-state index >= 15 is 0 Å². The van der Waals surface area contributed by atoms with Gasteiger partial charge in [0, 0.05) is 38.0 Å². The Morgan fingerprint density at radius 2 is 1.85 bits per heavy atom. The fourth-order valence-electron chi connectivity index (χ4n) is 3.15. The Balaban J connectivity index is 1.82. The molecular weight excluding hydrogens is 332 g/mol. The lowest BCUT2D eigenvalue weighted by Crippen LogP contribution is -2.31. The molecular formula is C19H26N4O3. The number of nitrogens with one attached hydrogen (secondary N) is 1. The van der Waals surface area contributed by atoms with Gasteiger partial charge in [-0.2, -0.15) is 4.98 Å². The largest absolute Gasteiger partial charge is 0.493 e. The van der Waals surface area contributed by atoms with Crippen LogP contribution in [0.1, 0.15) is 23.2 Å². The van der Waals surface area contributed by atoms with E-state index in [0.717, 1.165) is 42.5 Å². The van der Waals surface area contributed by atoms with Crippen molar-refractivity contribution in [3.8, 4) is 11.5 Å². The van der Waals surface area contributed by atoms with Gasteiger partial charge < -0.3 is 24.8 Å². The van der Waals surface area contributed by atoms with Gasteiger partial charge in [0.05, 0.1) is 14.2 Å². The summed E-state index contributed by atoms with van der Waals surface area (Å²) in [5.41, 5.74) is 3.42. The van der Waals surface area contributed by atoms with Crippen LogP contribution in [0, 0.1) is 6.92 Å². The van der Waals surface area contributed by atoms with Crippen LogP contribution in [0.25, 0.3) is 0 Å². The van der Waals surface area contributed by atoms with E-state index in [-0.39, 0.29) is 6.61 Å². The number of rotatable bonds is 7. The smallest absolute Gasteiger partial charge is 0.224 e. The Morgan fingerprint density at radius 3 is 2.54 bits per heavy atom. The highest BCUT2D eigenvalue weighted by molar-refractivity contribution is 5.53. The summed E-state index contributed by atoms with van der Waals surface area (Å²) in [6.07, 6.45) is 1.59. The molecule has 0 radical (unpaired) electrons. The maximum atomic E-state index is 8.92. The fraction of sp³-hybridized carbons (Fsp3) is 0.474. The van der Waals surface area contributed by atoms with E-state index in [1.54, 1.807) is 14.2 Å². The molecule has 0 saturated carbocycles. The van der Waals surface area contributed by atoms with Crippen LogP contribution in [0.5, 0.6) is 11.5 Å². The van der Waals surface area contributed by atoms with Gasteiger partial charge in [0.15, 0.2) is 11.5 Å². The maximum Gasteiger partial charge on any atom is 0.224 e. The fourth-order valence-corrected chi connectivity index (χ4v) is 3.15. The van der Waals surface area contributed by atoms with Gasteiger partial charge in [0.2, 0.25) is 5.95 Å². The zero-order valence-corrected chi connectivity index (χ0v) is 15.6. The Bertz CT molecular complexity index is 767. The van der Waals surface area contributed by atoms with E-state index < -0.39 is 0 Å². The number of fused-ring (bicyclic) bond motifs is 1. The number of aliphatic hydroxyl groups is 1. The highest BCUT2D eigenvalue weighted by Gasteiger charge is 2.21. The average Bonchev–Trinajstić information content (AvgIpc) is 2.66. The van der Waals surface area contributed by atoms with Crippen LogP contribution in [0.4, 0.5) is 11.8 Å². The van der Waals surface area contributed by atoms with Gasteiger partial charge in [0.25, 0.3) is 0 Å². The number of aromatic nitrogens is 2. The van der Waals surface area contributed by atoms with E-state index in [4.69, 9.17) is 14.6 Å². The lowest BCUT2D eigenvalue weighted by atomic mass is 9.99. The van der Waals surface area contributed by atoms with Crippen LogP contribution < -0.4 is 19.7 Å². The molecule has 140 valence electrons. The first-order chi connectivity index (χ1) is 12.6. The van der Waals surface area contributed by atoms with Crippen LogP contribution in [0.15, 0.2) is 18.2 Å². The summed E-state index contributed by atoms with van der Waals surface area (Å²) in [6, 6.07) is 6.12. The van der Waals surface area contributed by atoms with Gasteiger partial charge >= 0.3 is 0 Å². The molecule has 0 atom stereocenters. The average molecular weight is 358 g/mol. The van der Waals surface area contributed by atoms with Gasteiger partial charge in [-0.15, -0.1) is 0 Å². The van der Waals surface area contributed by atoms with E-state index in [2.05, 4.69) is 32.3 Å². The quantitative estimate of drug-likeness (QED) is 0.734. The molecule has 1 aromatic heterocycles. The summed E-state index contributed by atoms with van der Waals surface area (Å²) in [5.74, 6) is 3.03. The monoisotopic (exact) mass is 358 g/mol. The molecule has 0 saturated heterocycles. The predicted octanol–water partition coefficient (Wildman–Crippen LogP) is 2.16. The number of methoxy groups -OCH3 is 2. The number of benzene rings is 1. The SMILES string of the molecule is COc1cc2c(cc1OC)CN(c1cc(C)nc(NCCCO)n1)CC2. The van der Waals surface area contributed by atoms with E-state index in [1.165, 1.54) is 11.1 Å². The van der Waals surface area contributed by atoms with E-state index in [9.17, 15) is 0 Å². The standard InChI is InChI=1S/C19H26N4O3/c1-13-9-18(22-19(21-13)20-6-4-8-24)23-7-5-14-10-16(25-2)17(26-3)11-15(14)12-23/h9-11,24H,4-8,12H2,1-3H3,(H,20,21,22). The summed E-state index contributed by atoms with van der Waals surface area (Å²) in [6.45, 7) is 4.42. The van der Waals surface area contributed by atoms with Crippen LogP contribution in [0.3, 0.4) is 0 Å². The Hall–Kier alpha value is -2.54. The summed E-state index contributed by atoms with van der Waals surface area (Å²) in [7, 11) is 3.32.